The van der Waals surface area contributed by atoms with Gasteiger partial charge in [-0.25, -0.2) is 9.89 Å². The lowest BCUT2D eigenvalue weighted by Crippen LogP contribution is -2.26. The molecule has 0 atom stereocenters. The minimum absolute atomic E-state index is 0.231. The molecule has 0 unspecified atom stereocenters. The Morgan fingerprint density at radius 2 is 2.60 bits per heavy atom. The van der Waals surface area contributed by atoms with Crippen LogP contribution in [-0.4, -0.2) is 22.0 Å². The molecule has 0 aliphatic carbocycles. The second kappa shape index (κ2) is 2.53. The van der Waals surface area contributed by atoms with E-state index in [2.05, 4.69) is 10.2 Å². The highest BCUT2D eigenvalue weighted by Gasteiger charge is 2.01. The van der Waals surface area contributed by atoms with E-state index in [-0.39, 0.29) is 6.61 Å². The van der Waals surface area contributed by atoms with Crippen LogP contribution in [0.1, 0.15) is 5.82 Å². The van der Waals surface area contributed by atoms with Gasteiger partial charge in [-0.15, -0.1) is 0 Å². The van der Waals surface area contributed by atoms with Crippen molar-refractivity contribution in [3.8, 4) is 0 Å². The summed E-state index contributed by atoms with van der Waals surface area (Å²) in [4.78, 5) is 10.6. The van der Waals surface area contributed by atoms with Gasteiger partial charge in [0.15, 0.2) is 5.82 Å². The van der Waals surface area contributed by atoms with E-state index in [1.54, 1.807) is 0 Å². The predicted molar refractivity (Wildman–Crippen MR) is 33.7 cm³/mol. The number of hydrogen-bond donors (Lipinski definition) is 2. The molecule has 0 aromatic carbocycles. The largest absolute Gasteiger partial charge is 0.377 e. The number of aromatic nitrogens is 3. The molecule has 0 saturated heterocycles. The number of aromatic amines is 1. The van der Waals surface area contributed by atoms with E-state index in [0.29, 0.717) is 5.82 Å². The Labute approximate surface area is 56.6 Å². The number of hydrogen-bond acceptors (Lipinski definition) is 4. The van der Waals surface area contributed by atoms with Crippen molar-refractivity contribution >= 4 is 0 Å². The van der Waals surface area contributed by atoms with Gasteiger partial charge in [0.1, 0.15) is 6.61 Å². The average molecular weight is 144 g/mol. The van der Waals surface area contributed by atoms with Crippen molar-refractivity contribution < 1.29 is 4.74 Å². The number of nitrogens with zero attached hydrogens (tertiary/aromatic N) is 2. The van der Waals surface area contributed by atoms with Crippen LogP contribution in [0.25, 0.3) is 0 Å². The van der Waals surface area contributed by atoms with Crippen molar-refractivity contribution in [2.75, 3.05) is 13.0 Å². The number of nitrogens with one attached hydrogen (secondary N) is 1. The quantitative estimate of drug-likeness (QED) is 0.491. The Kier molecular flexibility index (Phi) is 1.72. The predicted octanol–water partition coefficient (Wildman–Crippen LogP) is -1.57. The fourth-order valence-electron chi connectivity index (χ4n) is 0.568. The Bertz CT molecular complexity index is 262. The van der Waals surface area contributed by atoms with Crippen molar-refractivity contribution in [2.24, 2.45) is 0 Å². The van der Waals surface area contributed by atoms with Gasteiger partial charge in [-0.05, 0) is 0 Å². The first-order valence-corrected chi connectivity index (χ1v) is 2.66. The standard InChI is InChI=1S/C4H8N4O2/c1-10-2-3-6-7-4(9)8(3)5/h2,5H2,1H3,(H,7,9). The normalized spacial score (nSPS) is 10.1. The van der Waals surface area contributed by atoms with Crippen molar-refractivity contribution in [3.05, 3.63) is 16.3 Å². The van der Waals surface area contributed by atoms with Gasteiger partial charge in [-0.1, -0.05) is 0 Å². The van der Waals surface area contributed by atoms with E-state index in [0.717, 1.165) is 4.68 Å². The number of ether oxygens (including phenoxy) is 1. The molecule has 0 spiro atoms. The Morgan fingerprint density at radius 3 is 3.00 bits per heavy atom. The number of nitrogen functional groups attached to an aromatic ring is 1. The molecule has 6 heteroatoms. The van der Waals surface area contributed by atoms with Gasteiger partial charge in [-0.3, -0.25) is 0 Å². The molecule has 0 bridgehead atoms. The third-order valence-corrected chi connectivity index (χ3v) is 1.05. The highest BCUT2D eigenvalue weighted by atomic mass is 16.5. The summed E-state index contributed by atoms with van der Waals surface area (Å²) in [5.41, 5.74) is -0.438. The van der Waals surface area contributed by atoms with E-state index >= 15 is 0 Å². The lowest BCUT2D eigenvalue weighted by molar-refractivity contribution is 0.175. The first kappa shape index (κ1) is 6.81. The van der Waals surface area contributed by atoms with Gasteiger partial charge in [0, 0.05) is 7.11 Å². The van der Waals surface area contributed by atoms with Crippen LogP contribution in [0.15, 0.2) is 4.79 Å². The van der Waals surface area contributed by atoms with E-state index in [9.17, 15) is 4.79 Å². The summed E-state index contributed by atoms with van der Waals surface area (Å²) in [5, 5.41) is 5.75. The number of methoxy groups -OCH3 is 1. The van der Waals surface area contributed by atoms with Crippen LogP contribution < -0.4 is 11.5 Å². The lowest BCUT2D eigenvalue weighted by atomic mass is 10.7. The monoisotopic (exact) mass is 144 g/mol. The molecule has 0 aliphatic heterocycles. The molecule has 1 aromatic rings. The van der Waals surface area contributed by atoms with Gasteiger partial charge >= 0.3 is 5.69 Å². The van der Waals surface area contributed by atoms with Crippen molar-refractivity contribution in [2.45, 2.75) is 6.61 Å². The van der Waals surface area contributed by atoms with Crippen LogP contribution in [-0.2, 0) is 11.3 Å². The van der Waals surface area contributed by atoms with Crippen molar-refractivity contribution in [1.29, 1.82) is 0 Å². The van der Waals surface area contributed by atoms with Crippen LogP contribution in [0, 0.1) is 0 Å². The third kappa shape index (κ3) is 1.01. The Hall–Kier alpha value is -1.30. The molecular formula is C4H8N4O2. The molecule has 0 saturated carbocycles. The van der Waals surface area contributed by atoms with E-state index in [1.807, 2.05) is 0 Å². The van der Waals surface area contributed by atoms with Gasteiger partial charge in [-0.2, -0.15) is 9.77 Å². The second-order valence-corrected chi connectivity index (χ2v) is 1.75. The second-order valence-electron chi connectivity index (χ2n) is 1.75. The summed E-state index contributed by atoms with van der Waals surface area (Å²) < 4.78 is 5.61. The van der Waals surface area contributed by atoms with Gasteiger partial charge in [0.05, 0.1) is 0 Å². The summed E-state index contributed by atoms with van der Waals surface area (Å²) >= 11 is 0. The molecule has 1 heterocycles. The highest BCUT2D eigenvalue weighted by molar-refractivity contribution is 4.82. The van der Waals surface area contributed by atoms with E-state index < -0.39 is 5.69 Å². The van der Waals surface area contributed by atoms with Gasteiger partial charge in [0.2, 0.25) is 0 Å². The molecule has 0 radical (unpaired) electrons. The fraction of sp³-hybridized carbons (Fsp3) is 0.500. The molecule has 1 aromatic heterocycles. The SMILES string of the molecule is COCc1n[nH]c(=O)n1N. The minimum atomic E-state index is -0.438. The highest BCUT2D eigenvalue weighted by Crippen LogP contribution is 1.85. The van der Waals surface area contributed by atoms with E-state index in [1.165, 1.54) is 7.11 Å². The number of H-pyrrole nitrogens is 1. The number of rotatable bonds is 2. The first-order valence-electron chi connectivity index (χ1n) is 2.66. The summed E-state index contributed by atoms with van der Waals surface area (Å²) in [5.74, 6) is 5.60. The van der Waals surface area contributed by atoms with Crippen LogP contribution in [0.3, 0.4) is 0 Å². The van der Waals surface area contributed by atoms with Gasteiger partial charge < -0.3 is 10.6 Å². The van der Waals surface area contributed by atoms with Gasteiger partial charge in [0.25, 0.3) is 0 Å². The van der Waals surface area contributed by atoms with Crippen LogP contribution in [0.4, 0.5) is 0 Å². The molecule has 0 fully saturated rings. The smallest absolute Gasteiger partial charge is 0.362 e. The summed E-state index contributed by atoms with van der Waals surface area (Å²) in [6, 6.07) is 0. The lowest BCUT2D eigenvalue weighted by Gasteiger charge is -1.94. The topological polar surface area (TPSA) is 85.9 Å². The Balaban J connectivity index is 2.94. The molecule has 56 valence electrons. The summed E-state index contributed by atoms with van der Waals surface area (Å²) in [7, 11) is 1.50. The number of nitrogens with two attached hydrogens (primary N) is 1. The van der Waals surface area contributed by atoms with Crippen molar-refractivity contribution in [3.63, 3.8) is 0 Å². The first-order chi connectivity index (χ1) is 4.75. The molecule has 10 heavy (non-hydrogen) atoms. The zero-order valence-electron chi connectivity index (χ0n) is 5.50. The molecule has 6 nitrogen and oxygen atoms in total. The zero-order valence-corrected chi connectivity index (χ0v) is 5.50. The van der Waals surface area contributed by atoms with Crippen LogP contribution >= 0.6 is 0 Å². The van der Waals surface area contributed by atoms with E-state index in [4.69, 9.17) is 10.6 Å². The molecular weight excluding hydrogens is 136 g/mol. The third-order valence-electron chi connectivity index (χ3n) is 1.05. The average Bonchev–Trinajstić information content (AvgIpc) is 2.20. The Morgan fingerprint density at radius 1 is 1.90 bits per heavy atom. The van der Waals surface area contributed by atoms with Crippen LogP contribution in [0.5, 0.6) is 0 Å². The minimum Gasteiger partial charge on any atom is -0.377 e. The molecule has 0 aliphatic rings. The van der Waals surface area contributed by atoms with Crippen molar-refractivity contribution in [1.82, 2.24) is 14.9 Å². The maximum absolute atomic E-state index is 10.6. The zero-order chi connectivity index (χ0) is 7.56. The molecule has 0 amide bonds. The fourth-order valence-corrected chi connectivity index (χ4v) is 0.568. The summed E-state index contributed by atoms with van der Waals surface area (Å²) in [6.45, 7) is 0.231. The molecule has 1 rings (SSSR count). The maximum Gasteiger partial charge on any atom is 0.362 e. The maximum atomic E-state index is 10.6. The molecule has 3 N–H and O–H groups in total. The summed E-state index contributed by atoms with van der Waals surface area (Å²) in [6.07, 6.45) is 0. The van der Waals surface area contributed by atoms with Crippen LogP contribution in [0.2, 0.25) is 0 Å².